The minimum Gasteiger partial charge on any atom is -0.508 e. The van der Waals surface area contributed by atoms with Crippen LogP contribution in [-0.4, -0.2) is 18.0 Å². The van der Waals surface area contributed by atoms with E-state index in [1.54, 1.807) is 6.07 Å². The van der Waals surface area contributed by atoms with Gasteiger partial charge in [-0.2, -0.15) is 8.78 Å². The number of ether oxygens (including phenoxy) is 2. The summed E-state index contributed by atoms with van der Waals surface area (Å²) in [6.45, 7) is -0.580. The minimum absolute atomic E-state index is 0.0683. The van der Waals surface area contributed by atoms with Gasteiger partial charge in [-0.3, -0.25) is 4.79 Å². The molecule has 0 aliphatic heterocycles. The Morgan fingerprint density at radius 2 is 1.59 bits per heavy atom. The van der Waals surface area contributed by atoms with Crippen molar-refractivity contribution in [2.45, 2.75) is 6.61 Å². The lowest BCUT2D eigenvalue weighted by Gasteiger charge is -2.13. The number of allylic oxidation sites excluding steroid dienone is 1. The Labute approximate surface area is 179 Å². The van der Waals surface area contributed by atoms with E-state index in [1.165, 1.54) is 55.7 Å². The van der Waals surface area contributed by atoms with Crippen molar-refractivity contribution in [2.75, 3.05) is 7.11 Å². The highest BCUT2D eigenvalue weighted by molar-refractivity contribution is 6.07. The van der Waals surface area contributed by atoms with E-state index in [0.29, 0.717) is 5.56 Å². The van der Waals surface area contributed by atoms with Gasteiger partial charge in [0, 0.05) is 11.1 Å². The smallest absolute Gasteiger partial charge is 0.207 e. The molecule has 0 saturated carbocycles. The highest BCUT2D eigenvalue weighted by Crippen LogP contribution is 2.31. The second-order valence-electron chi connectivity index (χ2n) is 6.51. The van der Waals surface area contributed by atoms with Crippen LogP contribution in [0.3, 0.4) is 0 Å². The molecule has 0 fully saturated rings. The van der Waals surface area contributed by atoms with Crippen LogP contribution in [0.5, 0.6) is 17.2 Å². The van der Waals surface area contributed by atoms with E-state index < -0.39 is 47.2 Å². The van der Waals surface area contributed by atoms with Crippen LogP contribution in [0, 0.1) is 29.1 Å². The van der Waals surface area contributed by atoms with Crippen molar-refractivity contribution in [1.29, 1.82) is 0 Å². The summed E-state index contributed by atoms with van der Waals surface area (Å²) in [5, 5.41) is 9.46. The zero-order valence-corrected chi connectivity index (χ0v) is 16.5. The molecule has 0 saturated heterocycles. The molecular formula is C23H15F5O4. The van der Waals surface area contributed by atoms with Gasteiger partial charge < -0.3 is 14.6 Å². The molecule has 0 aliphatic rings. The van der Waals surface area contributed by atoms with Gasteiger partial charge in [0.05, 0.1) is 7.11 Å². The predicted octanol–water partition coefficient (Wildman–Crippen LogP) is 5.57. The lowest BCUT2D eigenvalue weighted by Crippen LogP contribution is -2.07. The molecule has 166 valence electrons. The van der Waals surface area contributed by atoms with Crippen LogP contribution in [0.15, 0.2) is 48.5 Å². The van der Waals surface area contributed by atoms with E-state index in [1.807, 2.05) is 0 Å². The van der Waals surface area contributed by atoms with Crippen LogP contribution in [0.25, 0.3) is 6.08 Å². The SMILES string of the molecule is COc1ccc(/C=C/C(=O)c2cccc(O)c2)cc1COc1c(F)c(F)c(F)c(F)c1F. The van der Waals surface area contributed by atoms with Gasteiger partial charge in [0.25, 0.3) is 0 Å². The number of ketones is 1. The number of methoxy groups -OCH3 is 1. The predicted molar refractivity (Wildman–Crippen MR) is 105 cm³/mol. The van der Waals surface area contributed by atoms with E-state index in [0.717, 1.165) is 0 Å². The van der Waals surface area contributed by atoms with Crippen molar-refractivity contribution in [3.63, 3.8) is 0 Å². The Morgan fingerprint density at radius 1 is 0.938 bits per heavy atom. The van der Waals surface area contributed by atoms with Gasteiger partial charge in [-0.15, -0.1) is 0 Å². The first kappa shape index (κ1) is 22.8. The molecule has 1 N–H and O–H groups in total. The third-order valence-corrected chi connectivity index (χ3v) is 4.40. The first-order valence-electron chi connectivity index (χ1n) is 9.05. The fourth-order valence-corrected chi connectivity index (χ4v) is 2.80. The highest BCUT2D eigenvalue weighted by Gasteiger charge is 2.27. The van der Waals surface area contributed by atoms with E-state index >= 15 is 0 Å². The maximum Gasteiger partial charge on any atom is 0.207 e. The molecule has 3 aromatic rings. The molecule has 0 bridgehead atoms. The number of halogens is 5. The highest BCUT2D eigenvalue weighted by atomic mass is 19.2. The van der Waals surface area contributed by atoms with Crippen LogP contribution in [0.2, 0.25) is 0 Å². The fourth-order valence-electron chi connectivity index (χ4n) is 2.80. The van der Waals surface area contributed by atoms with E-state index in [2.05, 4.69) is 0 Å². The van der Waals surface area contributed by atoms with Gasteiger partial charge in [-0.1, -0.05) is 24.3 Å². The van der Waals surface area contributed by atoms with E-state index in [-0.39, 0.29) is 22.6 Å². The van der Waals surface area contributed by atoms with Crippen molar-refractivity contribution in [1.82, 2.24) is 0 Å². The number of carbonyl (C=O) groups is 1. The quantitative estimate of drug-likeness (QED) is 0.168. The number of hydrogen-bond acceptors (Lipinski definition) is 4. The van der Waals surface area contributed by atoms with Gasteiger partial charge in [-0.25, -0.2) is 13.2 Å². The van der Waals surface area contributed by atoms with E-state index in [4.69, 9.17) is 9.47 Å². The zero-order chi connectivity index (χ0) is 23.4. The average molecular weight is 450 g/mol. The second-order valence-corrected chi connectivity index (χ2v) is 6.51. The molecule has 9 heteroatoms. The second kappa shape index (κ2) is 9.51. The molecule has 0 unspecified atom stereocenters. The van der Waals surface area contributed by atoms with Crippen molar-refractivity contribution in [2.24, 2.45) is 0 Å². The summed E-state index contributed by atoms with van der Waals surface area (Å²) in [6.07, 6.45) is 2.68. The largest absolute Gasteiger partial charge is 0.508 e. The number of benzene rings is 3. The maximum absolute atomic E-state index is 13.8. The third kappa shape index (κ3) is 4.72. The Bertz CT molecular complexity index is 1180. The summed E-state index contributed by atoms with van der Waals surface area (Å²) in [6, 6.07) is 10.3. The van der Waals surface area contributed by atoms with Crippen molar-refractivity contribution < 1.29 is 41.3 Å². The molecule has 0 radical (unpaired) electrons. The lowest BCUT2D eigenvalue weighted by atomic mass is 10.1. The molecule has 3 aromatic carbocycles. The molecule has 0 aliphatic carbocycles. The number of hydrogen-bond donors (Lipinski definition) is 1. The molecule has 0 heterocycles. The lowest BCUT2D eigenvalue weighted by molar-refractivity contribution is 0.104. The first-order chi connectivity index (χ1) is 15.2. The summed E-state index contributed by atoms with van der Waals surface area (Å²) >= 11 is 0. The molecule has 4 nitrogen and oxygen atoms in total. The Morgan fingerprint density at radius 3 is 2.22 bits per heavy atom. The summed E-state index contributed by atoms with van der Waals surface area (Å²) in [5.74, 6) is -12.3. The molecule has 0 spiro atoms. The van der Waals surface area contributed by atoms with Gasteiger partial charge in [0.15, 0.2) is 11.5 Å². The first-order valence-corrected chi connectivity index (χ1v) is 9.05. The Hall–Kier alpha value is -3.88. The molecular weight excluding hydrogens is 435 g/mol. The zero-order valence-electron chi connectivity index (χ0n) is 16.5. The molecule has 32 heavy (non-hydrogen) atoms. The van der Waals surface area contributed by atoms with Crippen LogP contribution in [0.1, 0.15) is 21.5 Å². The van der Waals surface area contributed by atoms with Crippen LogP contribution >= 0.6 is 0 Å². The summed E-state index contributed by atoms with van der Waals surface area (Å²) in [4.78, 5) is 12.2. The van der Waals surface area contributed by atoms with Crippen LogP contribution in [-0.2, 0) is 6.61 Å². The van der Waals surface area contributed by atoms with Gasteiger partial charge >= 0.3 is 0 Å². The van der Waals surface area contributed by atoms with Crippen molar-refractivity contribution in [3.8, 4) is 17.2 Å². The number of phenols is 1. The number of carbonyl (C=O) groups excluding carboxylic acids is 1. The Balaban J connectivity index is 1.84. The van der Waals surface area contributed by atoms with Crippen molar-refractivity contribution >= 4 is 11.9 Å². The maximum atomic E-state index is 13.8. The molecule has 0 atom stereocenters. The summed E-state index contributed by atoms with van der Waals surface area (Å²) in [7, 11) is 1.32. The number of rotatable bonds is 7. The average Bonchev–Trinajstić information content (AvgIpc) is 2.80. The number of phenolic OH excluding ortho intramolecular Hbond substituents is 1. The fraction of sp³-hybridized carbons (Fsp3) is 0.0870. The summed E-state index contributed by atoms with van der Waals surface area (Å²) < 4.78 is 77.5. The standard InChI is InChI=1S/C23H15F5O4/c1-31-17-8-6-12(5-7-16(30)13-3-2-4-15(29)10-13)9-14(17)11-32-23-21(27)19(25)18(24)20(26)22(23)28/h2-10,29H,11H2,1H3/b7-5+. The van der Waals surface area contributed by atoms with Gasteiger partial charge in [-0.05, 0) is 35.9 Å². The molecule has 0 aromatic heterocycles. The third-order valence-electron chi connectivity index (χ3n) is 4.40. The van der Waals surface area contributed by atoms with Gasteiger partial charge in [0.1, 0.15) is 18.1 Å². The minimum atomic E-state index is -2.28. The summed E-state index contributed by atoms with van der Waals surface area (Å²) in [5.41, 5.74) is 0.948. The topological polar surface area (TPSA) is 55.8 Å². The monoisotopic (exact) mass is 450 g/mol. The van der Waals surface area contributed by atoms with Crippen LogP contribution in [0.4, 0.5) is 22.0 Å². The van der Waals surface area contributed by atoms with Crippen LogP contribution < -0.4 is 9.47 Å². The van der Waals surface area contributed by atoms with Crippen molar-refractivity contribution in [3.05, 3.63) is 94.3 Å². The van der Waals surface area contributed by atoms with E-state index in [9.17, 15) is 31.9 Å². The normalized spacial score (nSPS) is 11.1. The number of aromatic hydroxyl groups is 1. The molecule has 3 rings (SSSR count). The molecule has 0 amide bonds. The van der Waals surface area contributed by atoms with Gasteiger partial charge in [0.2, 0.25) is 29.1 Å². The Kier molecular flexibility index (Phi) is 6.77.